The van der Waals surface area contributed by atoms with Crippen molar-refractivity contribution >= 4 is 22.9 Å². The van der Waals surface area contributed by atoms with E-state index in [1.54, 1.807) is 0 Å². The number of H-pyrrole nitrogens is 1. The minimum absolute atomic E-state index is 0.137. The standard InChI is InChI=1S/C19H25N3O3/c1-25-19(24)10-4-9-18(23)22-11-5-6-14(13-22)12-17-20-15-7-2-3-8-16(15)21-17/h2-3,7-8,14H,4-6,9-13H2,1H3,(H,20,21). The monoisotopic (exact) mass is 343 g/mol. The number of para-hydroxylation sites is 2. The number of rotatable bonds is 6. The summed E-state index contributed by atoms with van der Waals surface area (Å²) in [5.74, 6) is 1.30. The van der Waals surface area contributed by atoms with Crippen molar-refractivity contribution in [3.05, 3.63) is 30.1 Å². The summed E-state index contributed by atoms with van der Waals surface area (Å²) in [5, 5.41) is 0. The Hall–Kier alpha value is -2.37. The molecule has 1 aromatic heterocycles. The van der Waals surface area contributed by atoms with Gasteiger partial charge in [0.2, 0.25) is 5.91 Å². The third-order valence-corrected chi connectivity index (χ3v) is 4.79. The Labute approximate surface area is 147 Å². The maximum Gasteiger partial charge on any atom is 0.305 e. The van der Waals surface area contributed by atoms with Crippen LogP contribution < -0.4 is 0 Å². The summed E-state index contributed by atoms with van der Waals surface area (Å²) in [7, 11) is 1.37. The molecule has 0 spiro atoms. The molecule has 1 amide bonds. The van der Waals surface area contributed by atoms with Gasteiger partial charge in [-0.2, -0.15) is 0 Å². The van der Waals surface area contributed by atoms with Crippen LogP contribution in [0.2, 0.25) is 0 Å². The molecule has 0 aliphatic carbocycles. The van der Waals surface area contributed by atoms with Crippen LogP contribution in [-0.2, 0) is 20.7 Å². The zero-order chi connectivity index (χ0) is 17.6. The second-order valence-electron chi connectivity index (χ2n) is 6.68. The van der Waals surface area contributed by atoms with Gasteiger partial charge in [0, 0.05) is 32.4 Å². The lowest BCUT2D eigenvalue weighted by molar-refractivity contribution is -0.141. The number of aromatic nitrogens is 2. The number of hydrogen-bond acceptors (Lipinski definition) is 4. The van der Waals surface area contributed by atoms with Crippen molar-refractivity contribution in [1.29, 1.82) is 0 Å². The molecule has 2 heterocycles. The summed E-state index contributed by atoms with van der Waals surface area (Å²) in [5.41, 5.74) is 2.05. The molecule has 6 heteroatoms. The molecule has 1 saturated heterocycles. The fourth-order valence-electron chi connectivity index (χ4n) is 3.48. The number of carbonyl (C=O) groups is 2. The van der Waals surface area contributed by atoms with Gasteiger partial charge in [-0.3, -0.25) is 9.59 Å². The molecule has 0 saturated carbocycles. The molecule has 6 nitrogen and oxygen atoms in total. The van der Waals surface area contributed by atoms with Crippen molar-refractivity contribution in [1.82, 2.24) is 14.9 Å². The molecular weight excluding hydrogens is 318 g/mol. The number of nitrogens with one attached hydrogen (secondary N) is 1. The summed E-state index contributed by atoms with van der Waals surface area (Å²) in [6.45, 7) is 1.59. The number of fused-ring (bicyclic) bond motifs is 1. The summed E-state index contributed by atoms with van der Waals surface area (Å²) >= 11 is 0. The second-order valence-corrected chi connectivity index (χ2v) is 6.68. The maximum atomic E-state index is 12.4. The molecule has 1 aromatic carbocycles. The van der Waals surface area contributed by atoms with Crippen LogP contribution in [0.3, 0.4) is 0 Å². The summed E-state index contributed by atoms with van der Waals surface area (Å²) in [6, 6.07) is 8.03. The first-order valence-electron chi connectivity index (χ1n) is 8.94. The first-order chi connectivity index (χ1) is 12.2. The van der Waals surface area contributed by atoms with Gasteiger partial charge in [-0.25, -0.2) is 4.98 Å². The molecule has 1 aliphatic heterocycles. The van der Waals surface area contributed by atoms with E-state index in [0.29, 0.717) is 25.2 Å². The number of ether oxygens (including phenoxy) is 1. The topological polar surface area (TPSA) is 75.3 Å². The predicted molar refractivity (Wildman–Crippen MR) is 95.0 cm³/mol. The van der Waals surface area contributed by atoms with Crippen LogP contribution in [0.5, 0.6) is 0 Å². The van der Waals surface area contributed by atoms with Crippen LogP contribution in [-0.4, -0.2) is 46.9 Å². The van der Waals surface area contributed by atoms with Crippen LogP contribution >= 0.6 is 0 Å². The smallest absolute Gasteiger partial charge is 0.305 e. The van der Waals surface area contributed by atoms with Gasteiger partial charge in [-0.05, 0) is 37.3 Å². The fourth-order valence-corrected chi connectivity index (χ4v) is 3.48. The number of hydrogen-bond donors (Lipinski definition) is 1. The van der Waals surface area contributed by atoms with E-state index < -0.39 is 0 Å². The third kappa shape index (κ3) is 4.59. The fraction of sp³-hybridized carbons (Fsp3) is 0.526. The Kier molecular flexibility index (Phi) is 5.68. The van der Waals surface area contributed by atoms with Gasteiger partial charge < -0.3 is 14.6 Å². The van der Waals surface area contributed by atoms with Crippen LogP contribution in [0.15, 0.2) is 24.3 Å². The molecule has 1 N–H and O–H groups in total. The van der Waals surface area contributed by atoms with E-state index >= 15 is 0 Å². The van der Waals surface area contributed by atoms with E-state index in [1.807, 2.05) is 29.2 Å². The number of esters is 1. The van der Waals surface area contributed by atoms with Crippen molar-refractivity contribution in [3.8, 4) is 0 Å². The quantitative estimate of drug-likeness (QED) is 0.818. The van der Waals surface area contributed by atoms with Gasteiger partial charge in [0.1, 0.15) is 5.82 Å². The van der Waals surface area contributed by atoms with Crippen molar-refractivity contribution in [2.75, 3.05) is 20.2 Å². The molecule has 134 valence electrons. The average Bonchev–Trinajstić information content (AvgIpc) is 3.03. The SMILES string of the molecule is COC(=O)CCCC(=O)N1CCCC(Cc2nc3ccccc3[nH]2)C1. The normalized spacial score (nSPS) is 17.6. The minimum Gasteiger partial charge on any atom is -0.469 e. The Morgan fingerprint density at radius 2 is 2.16 bits per heavy atom. The molecule has 1 atom stereocenters. The van der Waals surface area contributed by atoms with Crippen molar-refractivity contribution in [2.24, 2.45) is 5.92 Å². The molecule has 0 radical (unpaired) electrons. The number of imidazole rings is 1. The van der Waals surface area contributed by atoms with Crippen LogP contribution in [0.1, 0.15) is 37.9 Å². The summed E-state index contributed by atoms with van der Waals surface area (Å²) in [6.07, 6.45) is 4.26. The molecule has 25 heavy (non-hydrogen) atoms. The van der Waals surface area contributed by atoms with E-state index in [1.165, 1.54) is 7.11 Å². The highest BCUT2D eigenvalue weighted by Crippen LogP contribution is 2.22. The number of nitrogens with zero attached hydrogens (tertiary/aromatic N) is 2. The average molecular weight is 343 g/mol. The highest BCUT2D eigenvalue weighted by atomic mass is 16.5. The number of aromatic amines is 1. The minimum atomic E-state index is -0.255. The third-order valence-electron chi connectivity index (χ3n) is 4.79. The van der Waals surface area contributed by atoms with E-state index in [2.05, 4.69) is 14.7 Å². The number of benzene rings is 1. The number of carbonyl (C=O) groups excluding carboxylic acids is 2. The molecule has 1 aliphatic rings. The van der Waals surface area contributed by atoms with Gasteiger partial charge in [0.15, 0.2) is 0 Å². The van der Waals surface area contributed by atoms with E-state index in [0.717, 1.165) is 49.2 Å². The second kappa shape index (κ2) is 8.14. The van der Waals surface area contributed by atoms with Crippen LogP contribution in [0.25, 0.3) is 11.0 Å². The van der Waals surface area contributed by atoms with Gasteiger partial charge in [0.25, 0.3) is 0 Å². The predicted octanol–water partition coefficient (Wildman–Crippen LogP) is 2.69. The van der Waals surface area contributed by atoms with Gasteiger partial charge in [0.05, 0.1) is 18.1 Å². The molecule has 0 bridgehead atoms. The Morgan fingerprint density at radius 1 is 1.32 bits per heavy atom. The number of likely N-dealkylation sites (tertiary alicyclic amines) is 1. The van der Waals surface area contributed by atoms with Gasteiger partial charge in [-0.15, -0.1) is 0 Å². The highest BCUT2D eigenvalue weighted by molar-refractivity contribution is 5.77. The zero-order valence-corrected chi connectivity index (χ0v) is 14.7. The molecule has 3 rings (SSSR count). The van der Waals surface area contributed by atoms with Crippen LogP contribution in [0.4, 0.5) is 0 Å². The number of piperidine rings is 1. The first kappa shape index (κ1) is 17.5. The zero-order valence-electron chi connectivity index (χ0n) is 14.7. The van der Waals surface area contributed by atoms with E-state index in [4.69, 9.17) is 0 Å². The maximum absolute atomic E-state index is 12.4. The van der Waals surface area contributed by atoms with Crippen molar-refractivity contribution in [3.63, 3.8) is 0 Å². The van der Waals surface area contributed by atoms with Crippen molar-refractivity contribution < 1.29 is 14.3 Å². The molecular formula is C19H25N3O3. The van der Waals surface area contributed by atoms with Crippen LogP contribution in [0, 0.1) is 5.92 Å². The van der Waals surface area contributed by atoms with E-state index in [-0.39, 0.29) is 11.9 Å². The van der Waals surface area contributed by atoms with E-state index in [9.17, 15) is 9.59 Å². The molecule has 1 fully saturated rings. The molecule has 1 unspecified atom stereocenters. The summed E-state index contributed by atoms with van der Waals surface area (Å²) < 4.78 is 4.61. The van der Waals surface area contributed by atoms with Crippen molar-refractivity contribution in [2.45, 2.75) is 38.5 Å². The number of methoxy groups -OCH3 is 1. The lowest BCUT2D eigenvalue weighted by Gasteiger charge is -2.32. The van der Waals surface area contributed by atoms with Gasteiger partial charge >= 0.3 is 5.97 Å². The Bertz CT molecular complexity index is 707. The summed E-state index contributed by atoms with van der Waals surface area (Å²) in [4.78, 5) is 33.5. The Balaban J connectivity index is 1.52. The first-order valence-corrected chi connectivity index (χ1v) is 8.94. The lowest BCUT2D eigenvalue weighted by Crippen LogP contribution is -2.40. The van der Waals surface area contributed by atoms with Gasteiger partial charge in [-0.1, -0.05) is 12.1 Å². The lowest BCUT2D eigenvalue weighted by atomic mass is 9.94. The molecule has 2 aromatic rings. The highest BCUT2D eigenvalue weighted by Gasteiger charge is 2.24. The Morgan fingerprint density at radius 3 is 2.96 bits per heavy atom. The number of amides is 1. The largest absolute Gasteiger partial charge is 0.469 e.